The Labute approximate surface area is 116 Å². The van der Waals surface area contributed by atoms with Gasteiger partial charge in [0.2, 0.25) is 11.5 Å². The van der Waals surface area contributed by atoms with Crippen molar-refractivity contribution in [2.75, 3.05) is 14.2 Å². The van der Waals surface area contributed by atoms with E-state index in [4.69, 9.17) is 9.15 Å². The summed E-state index contributed by atoms with van der Waals surface area (Å²) in [5, 5.41) is 0. The third-order valence-electron chi connectivity index (χ3n) is 2.82. The van der Waals surface area contributed by atoms with E-state index in [2.05, 4.69) is 4.74 Å². The maximum absolute atomic E-state index is 12.4. The van der Waals surface area contributed by atoms with Gasteiger partial charge in [-0.3, -0.25) is 4.79 Å². The second kappa shape index (κ2) is 5.61. The summed E-state index contributed by atoms with van der Waals surface area (Å²) in [6.07, 6.45) is 0. The average Bonchev–Trinajstić information content (AvgIpc) is 2.95. The second-order valence-corrected chi connectivity index (χ2v) is 4.19. The molecule has 0 fully saturated rings. The number of benzene rings is 1. The first-order valence-electron chi connectivity index (χ1n) is 5.94. The third-order valence-corrected chi connectivity index (χ3v) is 2.82. The fraction of sp³-hybridized carbons (Fsp3) is 0.200. The van der Waals surface area contributed by atoms with Gasteiger partial charge in [0, 0.05) is 0 Å². The van der Waals surface area contributed by atoms with Crippen LogP contribution in [0.2, 0.25) is 0 Å². The average molecular weight is 274 g/mol. The molecule has 104 valence electrons. The Hall–Kier alpha value is -2.56. The maximum atomic E-state index is 12.4. The Balaban J connectivity index is 2.38. The van der Waals surface area contributed by atoms with Gasteiger partial charge in [-0.15, -0.1) is 0 Å². The fourth-order valence-electron chi connectivity index (χ4n) is 1.80. The molecule has 5 heteroatoms. The molecule has 0 spiro atoms. The topological polar surface area (TPSA) is 65.7 Å². The van der Waals surface area contributed by atoms with E-state index in [1.54, 1.807) is 12.1 Å². The smallest absolute Gasteiger partial charge is 0.373 e. The van der Waals surface area contributed by atoms with E-state index in [1.165, 1.54) is 26.4 Å². The fourth-order valence-corrected chi connectivity index (χ4v) is 1.80. The van der Waals surface area contributed by atoms with E-state index in [-0.39, 0.29) is 17.3 Å². The number of rotatable bonds is 4. The Morgan fingerprint density at radius 3 is 2.40 bits per heavy atom. The first kappa shape index (κ1) is 13.9. The lowest BCUT2D eigenvalue weighted by atomic mass is 10.1. The van der Waals surface area contributed by atoms with Crippen molar-refractivity contribution in [1.82, 2.24) is 0 Å². The number of hydrogen-bond donors (Lipinski definition) is 0. The summed E-state index contributed by atoms with van der Waals surface area (Å²) >= 11 is 0. The molecule has 5 nitrogen and oxygen atoms in total. The Morgan fingerprint density at radius 2 is 1.75 bits per heavy atom. The van der Waals surface area contributed by atoms with Crippen molar-refractivity contribution in [2.45, 2.75) is 6.92 Å². The van der Waals surface area contributed by atoms with Gasteiger partial charge in [-0.25, -0.2) is 4.79 Å². The molecule has 0 atom stereocenters. The number of ether oxygens (including phenoxy) is 2. The molecule has 0 saturated heterocycles. The van der Waals surface area contributed by atoms with Crippen LogP contribution in [0.3, 0.4) is 0 Å². The van der Waals surface area contributed by atoms with E-state index in [0.717, 1.165) is 5.56 Å². The van der Waals surface area contributed by atoms with Gasteiger partial charge >= 0.3 is 5.97 Å². The number of furan rings is 1. The highest BCUT2D eigenvalue weighted by molar-refractivity contribution is 6.09. The summed E-state index contributed by atoms with van der Waals surface area (Å²) in [5.41, 5.74) is 1.31. The van der Waals surface area contributed by atoms with Crippen LogP contribution in [0, 0.1) is 6.92 Å². The minimum absolute atomic E-state index is 0.0116. The van der Waals surface area contributed by atoms with Crippen LogP contribution in [0.15, 0.2) is 34.7 Å². The molecule has 0 aliphatic heterocycles. The Kier molecular flexibility index (Phi) is 3.89. The minimum Gasteiger partial charge on any atom is -0.496 e. The Morgan fingerprint density at radius 1 is 1.05 bits per heavy atom. The predicted molar refractivity (Wildman–Crippen MR) is 71.2 cm³/mol. The first-order chi connectivity index (χ1) is 9.56. The van der Waals surface area contributed by atoms with Gasteiger partial charge in [0.1, 0.15) is 5.75 Å². The van der Waals surface area contributed by atoms with Crippen LogP contribution in [0.4, 0.5) is 0 Å². The number of ketones is 1. The molecule has 0 aliphatic rings. The van der Waals surface area contributed by atoms with Crippen LogP contribution < -0.4 is 4.74 Å². The summed E-state index contributed by atoms with van der Waals surface area (Å²) in [4.78, 5) is 23.7. The van der Waals surface area contributed by atoms with E-state index >= 15 is 0 Å². The molecular weight excluding hydrogens is 260 g/mol. The van der Waals surface area contributed by atoms with Crippen LogP contribution in [-0.2, 0) is 4.74 Å². The van der Waals surface area contributed by atoms with Crippen LogP contribution >= 0.6 is 0 Å². The van der Waals surface area contributed by atoms with Crippen molar-refractivity contribution in [3.05, 3.63) is 53.0 Å². The van der Waals surface area contributed by atoms with E-state index in [9.17, 15) is 9.59 Å². The summed E-state index contributed by atoms with van der Waals surface area (Å²) in [6.45, 7) is 1.87. The molecule has 0 aliphatic carbocycles. The van der Waals surface area contributed by atoms with Crippen LogP contribution in [0.25, 0.3) is 0 Å². The number of hydrogen-bond acceptors (Lipinski definition) is 5. The molecule has 20 heavy (non-hydrogen) atoms. The van der Waals surface area contributed by atoms with Gasteiger partial charge in [0.25, 0.3) is 0 Å². The molecule has 0 radical (unpaired) electrons. The molecule has 2 aromatic rings. The molecule has 1 aromatic heterocycles. The number of carbonyl (C=O) groups excluding carboxylic acids is 2. The van der Waals surface area contributed by atoms with E-state index in [1.807, 2.05) is 13.0 Å². The lowest BCUT2D eigenvalue weighted by Crippen LogP contribution is -2.04. The van der Waals surface area contributed by atoms with Crippen LogP contribution in [0.5, 0.6) is 5.75 Å². The van der Waals surface area contributed by atoms with Crippen molar-refractivity contribution in [3.63, 3.8) is 0 Å². The highest BCUT2D eigenvalue weighted by Gasteiger charge is 2.20. The van der Waals surface area contributed by atoms with Crippen molar-refractivity contribution < 1.29 is 23.5 Å². The van der Waals surface area contributed by atoms with Crippen molar-refractivity contribution >= 4 is 11.8 Å². The number of carbonyl (C=O) groups is 2. The van der Waals surface area contributed by atoms with E-state index in [0.29, 0.717) is 11.3 Å². The number of methoxy groups -OCH3 is 2. The summed E-state index contributed by atoms with van der Waals surface area (Å²) < 4.78 is 14.9. The van der Waals surface area contributed by atoms with Crippen molar-refractivity contribution in [2.24, 2.45) is 0 Å². The zero-order valence-electron chi connectivity index (χ0n) is 11.4. The molecule has 0 bridgehead atoms. The van der Waals surface area contributed by atoms with Gasteiger partial charge in [-0.1, -0.05) is 11.6 Å². The van der Waals surface area contributed by atoms with E-state index < -0.39 is 5.97 Å². The molecule has 0 N–H and O–H groups in total. The molecule has 1 heterocycles. The van der Waals surface area contributed by atoms with Gasteiger partial charge in [-0.05, 0) is 31.2 Å². The first-order valence-corrected chi connectivity index (χ1v) is 5.94. The standard InChI is InChI=1S/C15H14O5/c1-9-4-5-11(18-2)10(8-9)14(16)12-6-7-13(20-12)15(17)19-3/h4-8H,1-3H3. The maximum Gasteiger partial charge on any atom is 0.373 e. The van der Waals surface area contributed by atoms with Gasteiger partial charge in [0.15, 0.2) is 5.76 Å². The van der Waals surface area contributed by atoms with Gasteiger partial charge in [0.05, 0.1) is 19.8 Å². The zero-order chi connectivity index (χ0) is 14.7. The highest BCUT2D eigenvalue weighted by atomic mass is 16.5. The predicted octanol–water partition coefficient (Wildman–Crippen LogP) is 2.61. The molecule has 2 rings (SSSR count). The molecular formula is C15H14O5. The molecule has 1 aromatic carbocycles. The summed E-state index contributed by atoms with van der Waals surface area (Å²) in [5.74, 6) is -0.464. The normalized spacial score (nSPS) is 10.2. The lowest BCUT2D eigenvalue weighted by Gasteiger charge is -2.07. The SMILES string of the molecule is COC(=O)c1ccc(C(=O)c2cc(C)ccc2OC)o1. The number of aryl methyl sites for hydroxylation is 1. The summed E-state index contributed by atoms with van der Waals surface area (Å²) in [7, 11) is 2.74. The van der Waals surface area contributed by atoms with Gasteiger partial charge in [-0.2, -0.15) is 0 Å². The van der Waals surface area contributed by atoms with Crippen LogP contribution in [-0.4, -0.2) is 26.0 Å². The zero-order valence-corrected chi connectivity index (χ0v) is 11.4. The Bertz CT molecular complexity index is 654. The molecule has 0 unspecified atom stereocenters. The van der Waals surface area contributed by atoms with Crippen LogP contribution in [0.1, 0.15) is 32.2 Å². The largest absolute Gasteiger partial charge is 0.496 e. The molecule has 0 saturated carbocycles. The third kappa shape index (κ3) is 2.56. The number of esters is 1. The molecule has 0 amide bonds. The lowest BCUT2D eigenvalue weighted by molar-refractivity contribution is 0.0563. The monoisotopic (exact) mass is 274 g/mol. The van der Waals surface area contributed by atoms with Crippen molar-refractivity contribution in [1.29, 1.82) is 0 Å². The summed E-state index contributed by atoms with van der Waals surface area (Å²) in [6, 6.07) is 8.11. The van der Waals surface area contributed by atoms with Crippen molar-refractivity contribution in [3.8, 4) is 5.75 Å². The quantitative estimate of drug-likeness (QED) is 0.633. The minimum atomic E-state index is -0.625. The highest BCUT2D eigenvalue weighted by Crippen LogP contribution is 2.24. The second-order valence-electron chi connectivity index (χ2n) is 4.19. The van der Waals surface area contributed by atoms with Gasteiger partial charge < -0.3 is 13.9 Å².